The van der Waals surface area contributed by atoms with Crippen LogP contribution in [0.15, 0.2) is 60.7 Å². The maximum Gasteiger partial charge on any atom is 0.414 e. The van der Waals surface area contributed by atoms with E-state index < -0.39 is 11.9 Å². The van der Waals surface area contributed by atoms with Crippen molar-refractivity contribution in [1.29, 1.82) is 0 Å². The zero-order chi connectivity index (χ0) is 26.1. The Morgan fingerprint density at radius 1 is 0.972 bits per heavy atom. The maximum absolute atomic E-state index is 9.10. The van der Waals surface area contributed by atoms with Crippen LogP contribution in [-0.4, -0.2) is 57.9 Å². The number of nitrogens with zero attached hydrogens (tertiary/aromatic N) is 2. The standard InChI is InChI=1S/C26H33N3O.C2H2O4/c1-20-17-23(21(2)29(20)25-9-11-26(30-3)12-10-25)18-27-24-13-15-28(16-14-24)19-22-7-5-4-6-8-22;3-1(4)2(5)6/h4-12,17,24,27H,13-16,18-19H2,1-3H3;(H,3,4)(H,5,6). The highest BCUT2D eigenvalue weighted by Gasteiger charge is 2.19. The van der Waals surface area contributed by atoms with E-state index in [-0.39, 0.29) is 0 Å². The molecule has 0 atom stereocenters. The first-order valence-corrected chi connectivity index (χ1v) is 12.1. The average Bonchev–Trinajstić information content (AvgIpc) is 3.17. The Balaban J connectivity index is 0.000000538. The number of hydrogen-bond acceptors (Lipinski definition) is 5. The number of carbonyl (C=O) groups is 2. The highest BCUT2D eigenvalue weighted by Crippen LogP contribution is 2.23. The molecule has 0 saturated carbocycles. The van der Waals surface area contributed by atoms with Crippen molar-refractivity contribution in [3.05, 3.63) is 83.2 Å². The number of aromatic nitrogens is 1. The smallest absolute Gasteiger partial charge is 0.414 e. The lowest BCUT2D eigenvalue weighted by molar-refractivity contribution is -0.159. The molecule has 1 aliphatic rings. The molecule has 0 aliphatic carbocycles. The Morgan fingerprint density at radius 2 is 1.58 bits per heavy atom. The largest absolute Gasteiger partial charge is 0.497 e. The zero-order valence-corrected chi connectivity index (χ0v) is 21.1. The second-order valence-electron chi connectivity index (χ2n) is 8.96. The number of carboxylic acid groups (broad SMARTS) is 2. The first-order chi connectivity index (χ1) is 17.3. The number of hydrogen-bond donors (Lipinski definition) is 3. The number of piperidine rings is 1. The van der Waals surface area contributed by atoms with Crippen molar-refractivity contribution in [2.75, 3.05) is 20.2 Å². The minimum absolute atomic E-state index is 0.598. The van der Waals surface area contributed by atoms with Crippen LogP contribution in [0.25, 0.3) is 5.69 Å². The minimum atomic E-state index is -1.82. The fraction of sp³-hybridized carbons (Fsp3) is 0.357. The van der Waals surface area contributed by atoms with Crippen molar-refractivity contribution >= 4 is 11.9 Å². The van der Waals surface area contributed by atoms with E-state index in [4.69, 9.17) is 24.5 Å². The number of methoxy groups -OCH3 is 1. The van der Waals surface area contributed by atoms with Crippen molar-refractivity contribution in [3.63, 3.8) is 0 Å². The van der Waals surface area contributed by atoms with Crippen LogP contribution in [-0.2, 0) is 22.7 Å². The van der Waals surface area contributed by atoms with Crippen molar-refractivity contribution in [1.82, 2.24) is 14.8 Å². The summed E-state index contributed by atoms with van der Waals surface area (Å²) in [4.78, 5) is 20.8. The molecule has 36 heavy (non-hydrogen) atoms. The summed E-state index contributed by atoms with van der Waals surface area (Å²) >= 11 is 0. The highest BCUT2D eigenvalue weighted by atomic mass is 16.5. The lowest BCUT2D eigenvalue weighted by Crippen LogP contribution is -2.41. The van der Waals surface area contributed by atoms with Crippen LogP contribution in [0.2, 0.25) is 0 Å². The molecule has 1 fully saturated rings. The van der Waals surface area contributed by atoms with Crippen molar-refractivity contribution in [2.45, 2.75) is 45.8 Å². The Bertz CT molecular complexity index is 1120. The lowest BCUT2D eigenvalue weighted by Gasteiger charge is -2.32. The van der Waals surface area contributed by atoms with E-state index in [1.807, 2.05) is 12.1 Å². The van der Waals surface area contributed by atoms with Gasteiger partial charge in [0.1, 0.15) is 5.75 Å². The Morgan fingerprint density at radius 3 is 2.14 bits per heavy atom. The normalized spacial score (nSPS) is 14.1. The summed E-state index contributed by atoms with van der Waals surface area (Å²) in [7, 11) is 1.71. The molecule has 8 nitrogen and oxygen atoms in total. The Labute approximate surface area is 212 Å². The molecule has 4 rings (SSSR count). The molecule has 0 spiro atoms. The van der Waals surface area contributed by atoms with Gasteiger partial charge in [0.25, 0.3) is 0 Å². The van der Waals surface area contributed by atoms with Crippen LogP contribution >= 0.6 is 0 Å². The number of rotatable bonds is 7. The van der Waals surface area contributed by atoms with Gasteiger partial charge in [-0.05, 0) is 81.2 Å². The van der Waals surface area contributed by atoms with Crippen LogP contribution in [0.5, 0.6) is 5.75 Å². The summed E-state index contributed by atoms with van der Waals surface area (Å²) < 4.78 is 7.63. The predicted octanol–water partition coefficient (Wildman–Crippen LogP) is 4.01. The van der Waals surface area contributed by atoms with E-state index >= 15 is 0 Å². The molecule has 0 radical (unpaired) electrons. The molecule has 2 aromatic carbocycles. The number of aliphatic carboxylic acids is 2. The van der Waals surface area contributed by atoms with Crippen molar-refractivity contribution in [2.24, 2.45) is 0 Å². The van der Waals surface area contributed by atoms with Crippen LogP contribution in [0.3, 0.4) is 0 Å². The second kappa shape index (κ2) is 12.9. The van der Waals surface area contributed by atoms with Crippen molar-refractivity contribution in [3.8, 4) is 11.4 Å². The van der Waals surface area contributed by atoms with E-state index in [0.29, 0.717) is 6.04 Å². The Hall–Kier alpha value is -3.62. The molecule has 1 aliphatic heterocycles. The summed E-state index contributed by atoms with van der Waals surface area (Å²) in [5.74, 6) is -2.76. The van der Waals surface area contributed by atoms with E-state index in [1.165, 1.54) is 41.0 Å². The first-order valence-electron chi connectivity index (χ1n) is 12.1. The van der Waals surface area contributed by atoms with E-state index in [1.54, 1.807) is 7.11 Å². The molecule has 192 valence electrons. The lowest BCUT2D eigenvalue weighted by atomic mass is 10.0. The fourth-order valence-electron chi connectivity index (χ4n) is 4.53. The van der Waals surface area contributed by atoms with Gasteiger partial charge in [0, 0.05) is 36.2 Å². The van der Waals surface area contributed by atoms with Crippen LogP contribution in [0.1, 0.15) is 35.4 Å². The zero-order valence-electron chi connectivity index (χ0n) is 21.1. The molecule has 0 amide bonds. The molecule has 1 aromatic heterocycles. The number of likely N-dealkylation sites (tertiary alicyclic amines) is 1. The molecule has 3 N–H and O–H groups in total. The third kappa shape index (κ3) is 7.44. The van der Waals surface area contributed by atoms with Crippen LogP contribution < -0.4 is 10.1 Å². The fourth-order valence-corrected chi connectivity index (χ4v) is 4.53. The number of benzene rings is 2. The van der Waals surface area contributed by atoms with Gasteiger partial charge >= 0.3 is 11.9 Å². The maximum atomic E-state index is 9.10. The van der Waals surface area contributed by atoms with Gasteiger partial charge in [-0.25, -0.2) is 9.59 Å². The van der Waals surface area contributed by atoms with Gasteiger partial charge in [0.15, 0.2) is 0 Å². The quantitative estimate of drug-likeness (QED) is 0.427. The SMILES string of the molecule is COc1ccc(-n2c(C)cc(CNC3CCN(Cc4ccccc4)CC3)c2C)cc1.O=C(O)C(=O)O. The summed E-state index contributed by atoms with van der Waals surface area (Å²) in [5.41, 5.74) is 6.56. The van der Waals surface area contributed by atoms with Gasteiger partial charge in [-0.2, -0.15) is 0 Å². The van der Waals surface area contributed by atoms with Crippen molar-refractivity contribution < 1.29 is 24.5 Å². The van der Waals surface area contributed by atoms with E-state index in [9.17, 15) is 0 Å². The summed E-state index contributed by atoms with van der Waals surface area (Å²) in [6, 6.07) is 22.0. The first kappa shape index (κ1) is 27.0. The molecule has 2 heterocycles. The molecule has 1 saturated heterocycles. The summed E-state index contributed by atoms with van der Waals surface area (Å²) in [6.45, 7) is 8.73. The van der Waals surface area contributed by atoms with Crippen LogP contribution in [0.4, 0.5) is 0 Å². The third-order valence-corrected chi connectivity index (χ3v) is 6.47. The average molecular weight is 494 g/mol. The monoisotopic (exact) mass is 493 g/mol. The number of carboxylic acids is 2. The summed E-state index contributed by atoms with van der Waals surface area (Å²) in [6.07, 6.45) is 2.42. The molecule has 0 bridgehead atoms. The molecule has 8 heteroatoms. The molecular weight excluding hydrogens is 458 g/mol. The van der Waals surface area contributed by atoms with Gasteiger partial charge in [0.2, 0.25) is 0 Å². The van der Waals surface area contributed by atoms with E-state index in [2.05, 4.69) is 77.2 Å². The molecular formula is C28H35N3O5. The topological polar surface area (TPSA) is 104 Å². The summed E-state index contributed by atoms with van der Waals surface area (Å²) in [5, 5.41) is 18.6. The molecule has 3 aromatic rings. The van der Waals surface area contributed by atoms with Gasteiger partial charge < -0.3 is 24.8 Å². The highest BCUT2D eigenvalue weighted by molar-refractivity contribution is 6.27. The molecule has 0 unspecified atom stereocenters. The van der Waals surface area contributed by atoms with E-state index in [0.717, 1.165) is 31.9 Å². The van der Waals surface area contributed by atoms with Gasteiger partial charge in [-0.1, -0.05) is 30.3 Å². The number of aryl methyl sites for hydroxylation is 1. The number of nitrogens with one attached hydrogen (secondary N) is 1. The van der Waals surface area contributed by atoms with Gasteiger partial charge in [-0.15, -0.1) is 0 Å². The minimum Gasteiger partial charge on any atom is -0.497 e. The second-order valence-corrected chi connectivity index (χ2v) is 8.96. The predicted molar refractivity (Wildman–Crippen MR) is 139 cm³/mol. The van der Waals surface area contributed by atoms with Gasteiger partial charge in [0.05, 0.1) is 7.11 Å². The Kier molecular flexibility index (Phi) is 9.67. The third-order valence-electron chi connectivity index (χ3n) is 6.47. The van der Waals surface area contributed by atoms with Gasteiger partial charge in [-0.3, -0.25) is 4.90 Å². The number of ether oxygens (including phenoxy) is 1. The van der Waals surface area contributed by atoms with Crippen LogP contribution in [0, 0.1) is 13.8 Å².